The SMILES string of the molecule is Cc1ccc(Cl)cc1Nc1nnc(CNC(C)(C)C)o1. The fraction of sp³-hybridized carbons (Fsp3) is 0.429. The normalized spacial score (nSPS) is 11.7. The van der Waals surface area contributed by atoms with Crippen molar-refractivity contribution in [2.75, 3.05) is 5.32 Å². The zero-order chi connectivity index (χ0) is 14.8. The number of nitrogens with zero attached hydrogens (tertiary/aromatic N) is 2. The topological polar surface area (TPSA) is 63.0 Å². The van der Waals surface area contributed by atoms with Crippen molar-refractivity contribution in [1.29, 1.82) is 0 Å². The van der Waals surface area contributed by atoms with Crippen LogP contribution in [0, 0.1) is 6.92 Å². The highest BCUT2D eigenvalue weighted by Crippen LogP contribution is 2.23. The molecule has 0 aliphatic rings. The lowest BCUT2D eigenvalue weighted by atomic mass is 10.1. The first-order chi connectivity index (χ1) is 9.33. The van der Waals surface area contributed by atoms with Crippen LogP contribution in [0.3, 0.4) is 0 Å². The second-order valence-electron chi connectivity index (χ2n) is 5.69. The van der Waals surface area contributed by atoms with Gasteiger partial charge in [-0.15, -0.1) is 5.10 Å². The Morgan fingerprint density at radius 2 is 2.00 bits per heavy atom. The molecule has 1 aromatic heterocycles. The average molecular weight is 295 g/mol. The Morgan fingerprint density at radius 1 is 1.25 bits per heavy atom. The maximum absolute atomic E-state index is 5.97. The van der Waals surface area contributed by atoms with Crippen LogP contribution in [0.1, 0.15) is 32.2 Å². The Hall–Kier alpha value is -1.59. The van der Waals surface area contributed by atoms with E-state index in [4.69, 9.17) is 16.0 Å². The van der Waals surface area contributed by atoms with Crippen LogP contribution in [-0.2, 0) is 6.54 Å². The first kappa shape index (κ1) is 14.8. The van der Waals surface area contributed by atoms with Crippen LogP contribution >= 0.6 is 11.6 Å². The van der Waals surface area contributed by atoms with Crippen LogP contribution in [0.4, 0.5) is 11.7 Å². The molecule has 1 aromatic carbocycles. The summed E-state index contributed by atoms with van der Waals surface area (Å²) in [7, 11) is 0. The third-order valence-electron chi connectivity index (χ3n) is 2.68. The van der Waals surface area contributed by atoms with Crippen molar-refractivity contribution in [2.45, 2.75) is 39.8 Å². The first-order valence-corrected chi connectivity index (χ1v) is 6.82. The van der Waals surface area contributed by atoms with Crippen LogP contribution < -0.4 is 10.6 Å². The molecule has 0 saturated carbocycles. The number of nitrogens with one attached hydrogen (secondary N) is 2. The van der Waals surface area contributed by atoms with Crippen LogP contribution in [0.5, 0.6) is 0 Å². The van der Waals surface area contributed by atoms with Gasteiger partial charge >= 0.3 is 6.01 Å². The predicted octanol–water partition coefficient (Wildman–Crippen LogP) is 3.66. The molecule has 0 unspecified atom stereocenters. The molecule has 0 fully saturated rings. The van der Waals surface area contributed by atoms with Gasteiger partial charge in [0.1, 0.15) is 0 Å². The number of hydrogen-bond donors (Lipinski definition) is 2. The lowest BCUT2D eigenvalue weighted by Crippen LogP contribution is -2.35. The maximum Gasteiger partial charge on any atom is 0.320 e. The Labute approximate surface area is 123 Å². The van der Waals surface area contributed by atoms with Crippen LogP contribution in [0.15, 0.2) is 22.6 Å². The summed E-state index contributed by atoms with van der Waals surface area (Å²) in [5.41, 5.74) is 1.92. The molecular weight excluding hydrogens is 276 g/mol. The summed E-state index contributed by atoms with van der Waals surface area (Å²) in [5.74, 6) is 0.544. The monoisotopic (exact) mass is 294 g/mol. The van der Waals surface area contributed by atoms with E-state index in [2.05, 4.69) is 41.6 Å². The van der Waals surface area contributed by atoms with Crippen molar-refractivity contribution in [1.82, 2.24) is 15.5 Å². The van der Waals surface area contributed by atoms with Gasteiger partial charge in [0.2, 0.25) is 5.89 Å². The number of aromatic nitrogens is 2. The molecule has 2 aromatic rings. The van der Waals surface area contributed by atoms with Crippen LogP contribution in [0.2, 0.25) is 5.02 Å². The molecule has 5 nitrogen and oxygen atoms in total. The molecule has 2 N–H and O–H groups in total. The third kappa shape index (κ3) is 4.21. The van der Waals surface area contributed by atoms with Crippen molar-refractivity contribution in [3.05, 3.63) is 34.7 Å². The van der Waals surface area contributed by atoms with Gasteiger partial charge in [-0.25, -0.2) is 0 Å². The molecule has 0 atom stereocenters. The van der Waals surface area contributed by atoms with Crippen molar-refractivity contribution < 1.29 is 4.42 Å². The molecule has 0 radical (unpaired) electrons. The van der Waals surface area contributed by atoms with E-state index in [0.717, 1.165) is 11.3 Å². The summed E-state index contributed by atoms with van der Waals surface area (Å²) in [6.45, 7) is 8.76. The lowest BCUT2D eigenvalue weighted by molar-refractivity contribution is 0.384. The van der Waals surface area contributed by atoms with Gasteiger partial charge in [-0.05, 0) is 45.4 Å². The summed E-state index contributed by atoms with van der Waals surface area (Å²) in [6, 6.07) is 5.97. The Morgan fingerprint density at radius 3 is 2.70 bits per heavy atom. The summed E-state index contributed by atoms with van der Waals surface area (Å²) in [5, 5.41) is 15.0. The molecular formula is C14H19ClN4O. The molecule has 20 heavy (non-hydrogen) atoms. The molecule has 0 bridgehead atoms. The second kappa shape index (κ2) is 5.81. The van der Waals surface area contributed by atoms with Crippen molar-refractivity contribution in [3.63, 3.8) is 0 Å². The highest BCUT2D eigenvalue weighted by atomic mass is 35.5. The zero-order valence-electron chi connectivity index (χ0n) is 12.1. The van der Waals surface area contributed by atoms with Gasteiger partial charge in [-0.1, -0.05) is 22.8 Å². The summed E-state index contributed by atoms with van der Waals surface area (Å²) < 4.78 is 5.54. The Kier molecular flexibility index (Phi) is 4.30. The van der Waals surface area contributed by atoms with Gasteiger partial charge in [-0.2, -0.15) is 0 Å². The van der Waals surface area contributed by atoms with E-state index in [1.807, 2.05) is 25.1 Å². The van der Waals surface area contributed by atoms with Gasteiger partial charge < -0.3 is 15.1 Å². The highest BCUT2D eigenvalue weighted by molar-refractivity contribution is 6.30. The summed E-state index contributed by atoms with van der Waals surface area (Å²) >= 11 is 5.97. The molecule has 0 aliphatic heterocycles. The fourth-order valence-electron chi connectivity index (χ4n) is 1.56. The quantitative estimate of drug-likeness (QED) is 0.901. The minimum Gasteiger partial charge on any atom is -0.406 e. The summed E-state index contributed by atoms with van der Waals surface area (Å²) in [6.07, 6.45) is 0. The van der Waals surface area contributed by atoms with Crippen molar-refractivity contribution in [2.24, 2.45) is 0 Å². The largest absolute Gasteiger partial charge is 0.406 e. The van der Waals surface area contributed by atoms with Gasteiger partial charge in [-0.3, -0.25) is 0 Å². The summed E-state index contributed by atoms with van der Waals surface area (Å²) in [4.78, 5) is 0. The fourth-order valence-corrected chi connectivity index (χ4v) is 1.73. The van der Waals surface area contributed by atoms with E-state index >= 15 is 0 Å². The Balaban J connectivity index is 2.04. The highest BCUT2D eigenvalue weighted by Gasteiger charge is 2.12. The smallest absolute Gasteiger partial charge is 0.320 e. The molecule has 0 aliphatic carbocycles. The molecule has 0 saturated heterocycles. The van der Waals surface area contributed by atoms with E-state index < -0.39 is 0 Å². The predicted molar refractivity (Wildman–Crippen MR) is 80.4 cm³/mol. The minimum atomic E-state index is 0.00556. The Bertz CT molecular complexity index is 589. The number of halogens is 1. The maximum atomic E-state index is 5.97. The van der Waals surface area contributed by atoms with Gasteiger partial charge in [0.15, 0.2) is 0 Å². The third-order valence-corrected chi connectivity index (χ3v) is 2.91. The van der Waals surface area contributed by atoms with Gasteiger partial charge in [0, 0.05) is 16.2 Å². The van der Waals surface area contributed by atoms with E-state index in [1.54, 1.807) is 0 Å². The number of hydrogen-bond acceptors (Lipinski definition) is 5. The lowest BCUT2D eigenvalue weighted by Gasteiger charge is -2.18. The van der Waals surface area contributed by atoms with E-state index in [-0.39, 0.29) is 5.54 Å². The second-order valence-corrected chi connectivity index (χ2v) is 6.13. The molecule has 6 heteroatoms. The van der Waals surface area contributed by atoms with Gasteiger partial charge in [0.25, 0.3) is 0 Å². The molecule has 0 amide bonds. The average Bonchev–Trinajstić information content (AvgIpc) is 2.78. The van der Waals surface area contributed by atoms with E-state index in [0.29, 0.717) is 23.5 Å². The van der Waals surface area contributed by atoms with Crippen molar-refractivity contribution >= 4 is 23.3 Å². The van der Waals surface area contributed by atoms with E-state index in [9.17, 15) is 0 Å². The first-order valence-electron chi connectivity index (χ1n) is 6.44. The number of aryl methyl sites for hydroxylation is 1. The van der Waals surface area contributed by atoms with Crippen LogP contribution in [0.25, 0.3) is 0 Å². The molecule has 108 valence electrons. The zero-order valence-corrected chi connectivity index (χ0v) is 12.9. The number of anilines is 2. The molecule has 1 heterocycles. The van der Waals surface area contributed by atoms with Gasteiger partial charge in [0.05, 0.1) is 6.54 Å². The standard InChI is InChI=1S/C14H19ClN4O/c1-9-5-6-10(15)7-11(9)17-13-19-18-12(20-13)8-16-14(2,3)4/h5-7,16H,8H2,1-4H3,(H,17,19). The van der Waals surface area contributed by atoms with Crippen LogP contribution in [-0.4, -0.2) is 15.7 Å². The molecule has 0 spiro atoms. The number of rotatable bonds is 4. The van der Waals surface area contributed by atoms with E-state index in [1.165, 1.54) is 0 Å². The van der Waals surface area contributed by atoms with Crippen molar-refractivity contribution in [3.8, 4) is 0 Å². The minimum absolute atomic E-state index is 0.00556. The number of benzene rings is 1. The molecule has 2 rings (SSSR count).